The summed E-state index contributed by atoms with van der Waals surface area (Å²) in [7, 11) is 1.51. The summed E-state index contributed by atoms with van der Waals surface area (Å²) in [5.74, 6) is 0.418. The Kier molecular flexibility index (Phi) is 7.24. The van der Waals surface area contributed by atoms with Crippen LogP contribution in [0.25, 0.3) is 0 Å². The summed E-state index contributed by atoms with van der Waals surface area (Å²) in [6, 6.07) is 11.2. The first-order valence-corrected chi connectivity index (χ1v) is 10.4. The van der Waals surface area contributed by atoms with Crippen molar-refractivity contribution < 1.29 is 23.9 Å². The lowest BCUT2D eigenvalue weighted by Gasteiger charge is -2.22. The highest BCUT2D eigenvalue weighted by molar-refractivity contribution is 7.10. The van der Waals surface area contributed by atoms with Crippen molar-refractivity contribution in [2.75, 3.05) is 25.1 Å². The summed E-state index contributed by atoms with van der Waals surface area (Å²) in [4.78, 5) is 38.0. The second kappa shape index (κ2) is 10.1. The molecule has 1 N–H and O–H groups in total. The number of nitrogens with zero attached hydrogens (tertiary/aromatic N) is 1. The molecule has 29 heavy (non-hydrogen) atoms. The van der Waals surface area contributed by atoms with E-state index in [9.17, 15) is 14.4 Å². The van der Waals surface area contributed by atoms with Gasteiger partial charge < -0.3 is 19.7 Å². The molecule has 1 atom stereocenters. The highest BCUT2D eigenvalue weighted by Crippen LogP contribution is 2.31. The van der Waals surface area contributed by atoms with Gasteiger partial charge in [0.1, 0.15) is 17.6 Å². The highest BCUT2D eigenvalue weighted by Gasteiger charge is 2.23. The Morgan fingerprint density at radius 2 is 2.14 bits per heavy atom. The quantitative estimate of drug-likeness (QED) is 0.696. The van der Waals surface area contributed by atoms with Gasteiger partial charge in [0.15, 0.2) is 0 Å². The van der Waals surface area contributed by atoms with Crippen molar-refractivity contribution in [1.82, 2.24) is 5.32 Å². The zero-order valence-electron chi connectivity index (χ0n) is 16.3. The predicted molar refractivity (Wildman–Crippen MR) is 110 cm³/mol. The van der Waals surface area contributed by atoms with Crippen molar-refractivity contribution in [2.24, 2.45) is 0 Å². The maximum absolute atomic E-state index is 12.4. The molecule has 0 saturated carbocycles. The Hall–Kier alpha value is -2.87. The number of hydrogen-bond donors (Lipinski definition) is 1. The van der Waals surface area contributed by atoms with Crippen LogP contribution in [0.1, 0.15) is 36.7 Å². The highest BCUT2D eigenvalue weighted by atomic mass is 32.1. The number of benzene rings is 1. The summed E-state index contributed by atoms with van der Waals surface area (Å²) >= 11 is 1.57. The molecule has 7 nitrogen and oxygen atoms in total. The molecule has 1 unspecified atom stereocenters. The number of ether oxygens (including phenoxy) is 2. The Morgan fingerprint density at radius 1 is 1.28 bits per heavy atom. The fourth-order valence-corrected chi connectivity index (χ4v) is 3.93. The molecule has 8 heteroatoms. The molecule has 154 valence electrons. The van der Waals surface area contributed by atoms with Crippen LogP contribution in [0.15, 0.2) is 41.8 Å². The first-order chi connectivity index (χ1) is 14.1. The summed E-state index contributed by atoms with van der Waals surface area (Å²) in [6.07, 6.45) is 0.770. The van der Waals surface area contributed by atoms with Crippen LogP contribution < -0.4 is 15.0 Å². The summed E-state index contributed by atoms with van der Waals surface area (Å²) < 4.78 is 11.3. The molecule has 2 amide bonds. The van der Waals surface area contributed by atoms with Gasteiger partial charge in [0, 0.05) is 43.1 Å². The third-order valence-corrected chi connectivity index (χ3v) is 5.54. The number of alkyl carbamates (subject to hydrolysis) is 1. The molecule has 1 fully saturated rings. The van der Waals surface area contributed by atoms with E-state index in [4.69, 9.17) is 9.47 Å². The van der Waals surface area contributed by atoms with Crippen molar-refractivity contribution in [1.29, 1.82) is 0 Å². The van der Waals surface area contributed by atoms with Gasteiger partial charge in [-0.2, -0.15) is 0 Å². The lowest BCUT2D eigenvalue weighted by Crippen LogP contribution is -2.30. The Bertz CT molecular complexity index is 853. The van der Waals surface area contributed by atoms with Crippen molar-refractivity contribution >= 4 is 34.8 Å². The fraction of sp³-hybridized carbons (Fsp3) is 0.381. The van der Waals surface area contributed by atoms with E-state index in [1.165, 1.54) is 7.05 Å². The molecule has 1 aromatic carbocycles. The van der Waals surface area contributed by atoms with Crippen LogP contribution in [0.3, 0.4) is 0 Å². The molecule has 2 aromatic rings. The fourth-order valence-electron chi connectivity index (χ4n) is 3.14. The van der Waals surface area contributed by atoms with Crippen molar-refractivity contribution in [3.63, 3.8) is 0 Å². The van der Waals surface area contributed by atoms with Gasteiger partial charge in [-0.05, 0) is 30.0 Å². The van der Waals surface area contributed by atoms with Crippen LogP contribution >= 0.6 is 11.3 Å². The minimum absolute atomic E-state index is 0.0150. The van der Waals surface area contributed by atoms with Gasteiger partial charge in [-0.15, -0.1) is 11.3 Å². The van der Waals surface area contributed by atoms with Crippen LogP contribution in [-0.2, 0) is 14.3 Å². The smallest absolute Gasteiger partial charge is 0.406 e. The van der Waals surface area contributed by atoms with Gasteiger partial charge >= 0.3 is 6.09 Å². The minimum atomic E-state index is -0.480. The van der Waals surface area contributed by atoms with Gasteiger partial charge in [0.25, 0.3) is 0 Å². The Labute approximate surface area is 173 Å². The predicted octanol–water partition coefficient (Wildman–Crippen LogP) is 3.70. The van der Waals surface area contributed by atoms with Crippen LogP contribution in [0.5, 0.6) is 5.75 Å². The first kappa shape index (κ1) is 20.9. The number of carbonyl (C=O) groups is 3. The van der Waals surface area contributed by atoms with E-state index in [2.05, 4.69) is 5.32 Å². The maximum atomic E-state index is 12.4. The van der Waals surface area contributed by atoms with E-state index < -0.39 is 6.09 Å². The monoisotopic (exact) mass is 416 g/mol. The largest absolute Gasteiger partial charge is 0.485 e. The molecule has 0 spiro atoms. The molecule has 1 aliphatic heterocycles. The molecule has 3 rings (SSSR count). The zero-order chi connectivity index (χ0) is 20.6. The summed E-state index contributed by atoms with van der Waals surface area (Å²) in [5, 5.41) is 4.39. The number of carbonyl (C=O) groups excluding carboxylic acids is 3. The standard InChI is InChI=1S/C21H24N2O5S/c1-22-21(26)27-11-9-18(19-8-4-12-29-19)28-17-7-2-5-15(13-17)23-10-3-6-16(24)14-20(23)25/h2,4-5,7-8,12-13,18H,3,6,9-11,14H2,1H3,(H,22,26). The van der Waals surface area contributed by atoms with Crippen LogP contribution in [0, 0.1) is 0 Å². The Morgan fingerprint density at radius 3 is 2.90 bits per heavy atom. The van der Waals surface area contributed by atoms with Gasteiger partial charge in [-0.3, -0.25) is 9.59 Å². The molecule has 1 aliphatic rings. The number of nitrogens with one attached hydrogen (secondary N) is 1. The number of ketones is 1. The second-order valence-electron chi connectivity index (χ2n) is 6.66. The van der Waals surface area contributed by atoms with E-state index in [1.807, 2.05) is 41.8 Å². The second-order valence-corrected chi connectivity index (χ2v) is 7.64. The van der Waals surface area contributed by atoms with E-state index in [0.29, 0.717) is 37.2 Å². The van der Waals surface area contributed by atoms with Gasteiger partial charge in [-0.25, -0.2) is 4.79 Å². The topological polar surface area (TPSA) is 84.9 Å². The first-order valence-electron chi connectivity index (χ1n) is 9.53. The lowest BCUT2D eigenvalue weighted by atomic mass is 10.2. The SMILES string of the molecule is CNC(=O)OCCC(Oc1cccc(N2CCCC(=O)CC2=O)c1)c1cccs1. The Balaban J connectivity index is 1.72. The number of anilines is 1. The molecule has 2 heterocycles. The zero-order valence-corrected chi connectivity index (χ0v) is 17.1. The maximum Gasteiger partial charge on any atom is 0.406 e. The van der Waals surface area contributed by atoms with E-state index in [-0.39, 0.29) is 30.8 Å². The van der Waals surface area contributed by atoms with E-state index in [1.54, 1.807) is 16.2 Å². The van der Waals surface area contributed by atoms with Crippen LogP contribution in [0.2, 0.25) is 0 Å². The van der Waals surface area contributed by atoms with Crippen molar-refractivity contribution in [2.45, 2.75) is 31.8 Å². The molecule has 1 saturated heterocycles. The lowest BCUT2D eigenvalue weighted by molar-refractivity contribution is -0.125. The van der Waals surface area contributed by atoms with Crippen molar-refractivity contribution in [3.05, 3.63) is 46.7 Å². The van der Waals surface area contributed by atoms with Crippen molar-refractivity contribution in [3.8, 4) is 5.75 Å². The molecule has 0 bridgehead atoms. The molecular formula is C21H24N2O5S. The molecule has 0 radical (unpaired) electrons. The minimum Gasteiger partial charge on any atom is -0.485 e. The van der Waals surface area contributed by atoms with E-state index in [0.717, 1.165) is 4.88 Å². The molecule has 1 aromatic heterocycles. The van der Waals surface area contributed by atoms with Gasteiger partial charge in [0.05, 0.1) is 13.0 Å². The molecule has 0 aliphatic carbocycles. The number of thiophene rings is 1. The third kappa shape index (κ3) is 5.80. The van der Waals surface area contributed by atoms with Gasteiger partial charge in [-0.1, -0.05) is 12.1 Å². The molecular weight excluding hydrogens is 392 g/mol. The van der Waals surface area contributed by atoms with Crippen LogP contribution in [-0.4, -0.2) is 38.0 Å². The number of rotatable bonds is 7. The summed E-state index contributed by atoms with van der Waals surface area (Å²) in [6.45, 7) is 0.733. The number of amides is 2. The van der Waals surface area contributed by atoms with E-state index >= 15 is 0 Å². The third-order valence-electron chi connectivity index (χ3n) is 4.57. The normalized spacial score (nSPS) is 15.6. The number of hydrogen-bond acceptors (Lipinski definition) is 6. The average molecular weight is 416 g/mol. The number of Topliss-reactive ketones (excluding diaryl/α,β-unsaturated/α-hetero) is 1. The van der Waals surface area contributed by atoms with Gasteiger partial charge in [0.2, 0.25) is 5.91 Å². The van der Waals surface area contributed by atoms with Crippen LogP contribution in [0.4, 0.5) is 10.5 Å². The average Bonchev–Trinajstić information content (AvgIpc) is 3.19. The summed E-state index contributed by atoms with van der Waals surface area (Å²) in [5.41, 5.74) is 0.716.